The van der Waals surface area contributed by atoms with Crippen molar-refractivity contribution in [2.45, 2.75) is 12.5 Å². The van der Waals surface area contributed by atoms with Gasteiger partial charge in [-0.3, -0.25) is 0 Å². The predicted octanol–water partition coefficient (Wildman–Crippen LogP) is 3.11. The molecule has 22 heavy (non-hydrogen) atoms. The summed E-state index contributed by atoms with van der Waals surface area (Å²) in [4.78, 5) is 0. The minimum Gasteiger partial charge on any atom is -0.497 e. The summed E-state index contributed by atoms with van der Waals surface area (Å²) in [5.74, 6) is 0.780. The molecular formula is C17H20N2O2S. The molecule has 1 atom stereocenters. The summed E-state index contributed by atoms with van der Waals surface area (Å²) in [5.41, 5.74) is 1.81. The number of ether oxygens (including phenoxy) is 1. The first-order valence-electron chi connectivity index (χ1n) is 7.11. The fourth-order valence-electron chi connectivity index (χ4n) is 2.01. The molecule has 4 nitrogen and oxygen atoms in total. The van der Waals surface area contributed by atoms with E-state index in [1.165, 1.54) is 0 Å². The molecule has 0 heterocycles. The van der Waals surface area contributed by atoms with Crippen LogP contribution in [0.1, 0.15) is 18.1 Å². The van der Waals surface area contributed by atoms with Crippen LogP contribution >= 0.6 is 12.2 Å². The highest BCUT2D eigenvalue weighted by Crippen LogP contribution is 2.19. The van der Waals surface area contributed by atoms with Crippen LogP contribution in [0.15, 0.2) is 54.6 Å². The zero-order valence-electron chi connectivity index (χ0n) is 12.5. The molecule has 0 fully saturated rings. The Kier molecular flexibility index (Phi) is 6.18. The fourth-order valence-corrected chi connectivity index (χ4v) is 2.23. The monoisotopic (exact) mass is 316 g/mol. The Balaban J connectivity index is 1.74. The third kappa shape index (κ3) is 5.02. The van der Waals surface area contributed by atoms with E-state index in [0.717, 1.165) is 17.0 Å². The van der Waals surface area contributed by atoms with Crippen molar-refractivity contribution in [3.63, 3.8) is 0 Å². The minimum absolute atomic E-state index is 0.530. The maximum atomic E-state index is 10.1. The van der Waals surface area contributed by atoms with Gasteiger partial charge in [0, 0.05) is 12.2 Å². The normalized spacial score (nSPS) is 11.5. The largest absolute Gasteiger partial charge is 0.497 e. The molecule has 2 rings (SSSR count). The number of methoxy groups -OCH3 is 1. The summed E-state index contributed by atoms with van der Waals surface area (Å²) in [5, 5.41) is 16.9. The molecule has 0 radical (unpaired) electrons. The summed E-state index contributed by atoms with van der Waals surface area (Å²) in [6.07, 6.45) is 0.0427. The second-order valence-corrected chi connectivity index (χ2v) is 5.23. The van der Waals surface area contributed by atoms with Crippen LogP contribution in [0.2, 0.25) is 0 Å². The molecule has 0 amide bonds. The van der Waals surface area contributed by atoms with Crippen LogP contribution in [-0.4, -0.2) is 23.9 Å². The van der Waals surface area contributed by atoms with Gasteiger partial charge in [-0.05, 0) is 48.5 Å². The third-order valence-electron chi connectivity index (χ3n) is 3.24. The first kappa shape index (κ1) is 16.3. The summed E-state index contributed by atoms with van der Waals surface area (Å²) in [6, 6.07) is 17.1. The van der Waals surface area contributed by atoms with Crippen molar-refractivity contribution in [3.05, 3.63) is 60.2 Å². The maximum absolute atomic E-state index is 10.1. The molecule has 0 bridgehead atoms. The number of aliphatic hydroxyl groups excluding tert-OH is 1. The van der Waals surface area contributed by atoms with Gasteiger partial charge in [-0.1, -0.05) is 30.3 Å². The van der Waals surface area contributed by atoms with E-state index in [0.29, 0.717) is 18.1 Å². The molecule has 0 saturated carbocycles. The lowest BCUT2D eigenvalue weighted by Crippen LogP contribution is -2.30. The minimum atomic E-state index is -0.530. The van der Waals surface area contributed by atoms with Gasteiger partial charge in [-0.15, -0.1) is 0 Å². The summed E-state index contributed by atoms with van der Waals surface area (Å²) in [6.45, 7) is 0.589. The van der Waals surface area contributed by atoms with E-state index in [2.05, 4.69) is 10.6 Å². The highest BCUT2D eigenvalue weighted by atomic mass is 32.1. The van der Waals surface area contributed by atoms with Crippen molar-refractivity contribution >= 4 is 23.0 Å². The Bertz CT molecular complexity index is 587. The van der Waals surface area contributed by atoms with Crippen molar-refractivity contribution in [1.29, 1.82) is 0 Å². The standard InChI is InChI=1S/C17H20N2O2S/c1-21-15-9-7-13(8-10-15)16(20)11-12-18-17(22)19-14-5-3-2-4-6-14/h2-10,16,20H,11-12H2,1H3,(H2,18,19,22). The predicted molar refractivity (Wildman–Crippen MR) is 93.2 cm³/mol. The number of benzene rings is 2. The van der Waals surface area contributed by atoms with Crippen LogP contribution in [0.3, 0.4) is 0 Å². The number of rotatable bonds is 6. The third-order valence-corrected chi connectivity index (χ3v) is 3.48. The fraction of sp³-hybridized carbons (Fsp3) is 0.235. The van der Waals surface area contributed by atoms with Crippen molar-refractivity contribution in [1.82, 2.24) is 5.32 Å². The molecule has 0 aliphatic carbocycles. The van der Waals surface area contributed by atoms with Crippen LogP contribution < -0.4 is 15.4 Å². The van der Waals surface area contributed by atoms with Crippen molar-refractivity contribution in [2.75, 3.05) is 19.0 Å². The Morgan fingerprint density at radius 3 is 2.45 bits per heavy atom. The lowest BCUT2D eigenvalue weighted by atomic mass is 10.1. The average molecular weight is 316 g/mol. The number of anilines is 1. The van der Waals surface area contributed by atoms with Crippen LogP contribution in [0.4, 0.5) is 5.69 Å². The molecule has 0 aliphatic rings. The number of hydrogen-bond donors (Lipinski definition) is 3. The zero-order chi connectivity index (χ0) is 15.8. The zero-order valence-corrected chi connectivity index (χ0v) is 13.3. The first-order valence-corrected chi connectivity index (χ1v) is 7.52. The van der Waals surface area contributed by atoms with Crippen LogP contribution in [0, 0.1) is 0 Å². The quantitative estimate of drug-likeness (QED) is 0.715. The maximum Gasteiger partial charge on any atom is 0.170 e. The van der Waals surface area contributed by atoms with Crippen molar-refractivity contribution < 1.29 is 9.84 Å². The van der Waals surface area contributed by atoms with Crippen molar-refractivity contribution in [3.8, 4) is 5.75 Å². The number of para-hydroxylation sites is 1. The van der Waals surface area contributed by atoms with Gasteiger partial charge in [0.1, 0.15) is 5.75 Å². The lowest BCUT2D eigenvalue weighted by molar-refractivity contribution is 0.168. The molecule has 116 valence electrons. The molecule has 0 saturated heterocycles. The van der Waals surface area contributed by atoms with Crippen LogP contribution in [0.5, 0.6) is 5.75 Å². The molecule has 0 aromatic heterocycles. The Labute approximate surface area is 136 Å². The van der Waals surface area contributed by atoms with E-state index in [1.54, 1.807) is 7.11 Å². The van der Waals surface area contributed by atoms with Gasteiger partial charge in [0.15, 0.2) is 5.11 Å². The van der Waals surface area contributed by atoms with Gasteiger partial charge < -0.3 is 20.5 Å². The summed E-state index contributed by atoms with van der Waals surface area (Å²) in [7, 11) is 1.62. The van der Waals surface area contributed by atoms with Crippen LogP contribution in [0.25, 0.3) is 0 Å². The van der Waals surface area contributed by atoms with Gasteiger partial charge in [-0.25, -0.2) is 0 Å². The SMILES string of the molecule is COc1ccc(C(O)CCNC(=S)Nc2ccccc2)cc1. The van der Waals surface area contributed by atoms with E-state index in [1.807, 2.05) is 54.6 Å². The molecule has 0 spiro atoms. The molecule has 0 aliphatic heterocycles. The van der Waals surface area contributed by atoms with E-state index >= 15 is 0 Å². The molecule has 5 heteroatoms. The number of aliphatic hydroxyl groups is 1. The van der Waals surface area contributed by atoms with E-state index in [9.17, 15) is 5.11 Å². The second kappa shape index (κ2) is 8.36. The van der Waals surface area contributed by atoms with Gasteiger partial charge in [0.05, 0.1) is 13.2 Å². The summed E-state index contributed by atoms with van der Waals surface area (Å²) < 4.78 is 5.10. The molecule has 2 aromatic rings. The Morgan fingerprint density at radius 2 is 1.82 bits per heavy atom. The summed E-state index contributed by atoms with van der Waals surface area (Å²) >= 11 is 5.22. The lowest BCUT2D eigenvalue weighted by Gasteiger charge is -2.14. The van der Waals surface area contributed by atoms with Gasteiger partial charge in [0.25, 0.3) is 0 Å². The molecule has 3 N–H and O–H groups in total. The second-order valence-electron chi connectivity index (χ2n) is 4.82. The molecular weight excluding hydrogens is 296 g/mol. The van der Waals surface area contributed by atoms with Crippen molar-refractivity contribution in [2.24, 2.45) is 0 Å². The van der Waals surface area contributed by atoms with Gasteiger partial charge >= 0.3 is 0 Å². The number of thiocarbonyl (C=S) groups is 1. The highest BCUT2D eigenvalue weighted by molar-refractivity contribution is 7.80. The molecule has 1 unspecified atom stereocenters. The van der Waals surface area contributed by atoms with E-state index < -0.39 is 6.10 Å². The van der Waals surface area contributed by atoms with Gasteiger partial charge in [0.2, 0.25) is 0 Å². The Morgan fingerprint density at radius 1 is 1.14 bits per heavy atom. The smallest absolute Gasteiger partial charge is 0.170 e. The number of hydrogen-bond acceptors (Lipinski definition) is 3. The molecule has 2 aromatic carbocycles. The Hall–Kier alpha value is -2.11. The number of nitrogens with one attached hydrogen (secondary N) is 2. The van der Waals surface area contributed by atoms with Gasteiger partial charge in [-0.2, -0.15) is 0 Å². The average Bonchev–Trinajstić information content (AvgIpc) is 2.55. The van der Waals surface area contributed by atoms with E-state index in [4.69, 9.17) is 17.0 Å². The topological polar surface area (TPSA) is 53.5 Å². The van der Waals surface area contributed by atoms with Crippen LogP contribution in [-0.2, 0) is 0 Å². The first-order chi connectivity index (χ1) is 10.7. The van der Waals surface area contributed by atoms with E-state index in [-0.39, 0.29) is 0 Å². The highest BCUT2D eigenvalue weighted by Gasteiger charge is 2.07.